The highest BCUT2D eigenvalue weighted by atomic mass is 28.3. The van der Waals surface area contributed by atoms with E-state index in [-0.39, 0.29) is 12.4 Å². The number of likely N-dealkylation sites (tertiary alicyclic amines) is 1. The highest BCUT2D eigenvalue weighted by molar-refractivity contribution is 6.88. The van der Waals surface area contributed by atoms with Gasteiger partial charge in [-0.1, -0.05) is 37.8 Å². The monoisotopic (exact) mass is 459 g/mol. The maximum Gasteiger partial charge on any atom is 0.318 e. The molecule has 3 amide bonds. The number of ether oxygens (including phenoxy) is 1. The molecule has 7 nitrogen and oxygen atoms in total. The number of hydrogen-bond acceptors (Lipinski definition) is 4. The number of carbonyl (C=O) groups excluding carboxylic acids is 2. The molecule has 1 aliphatic rings. The molecule has 172 valence electrons. The highest BCUT2D eigenvalue weighted by Gasteiger charge is 2.30. The first-order valence-corrected chi connectivity index (χ1v) is 14.1. The lowest BCUT2D eigenvalue weighted by atomic mass is 10.1. The molecule has 2 aromatic carbocycles. The molecule has 0 saturated carbocycles. The number of nitrogens with zero attached hydrogens (tertiary/aromatic N) is 1. The number of anilines is 1. The largest absolute Gasteiger partial charge is 0.497 e. The minimum atomic E-state index is -1.85. The first-order chi connectivity index (χ1) is 15.1. The van der Waals surface area contributed by atoms with Gasteiger partial charge in [0.05, 0.1) is 21.3 Å². The third-order valence-corrected chi connectivity index (χ3v) is 7.50. The lowest BCUT2D eigenvalue weighted by molar-refractivity contribution is -0.118. The highest BCUT2D eigenvalue weighted by Crippen LogP contribution is 2.21. The maximum atomic E-state index is 14.6. The molecule has 0 spiro atoms. The maximum absolute atomic E-state index is 14.6. The number of rotatable bonds is 6. The van der Waals surface area contributed by atoms with Crippen LogP contribution >= 0.6 is 0 Å². The first-order valence-electron chi connectivity index (χ1n) is 10.6. The number of hydrogen-bond donors (Lipinski definition) is 3. The van der Waals surface area contributed by atoms with Gasteiger partial charge >= 0.3 is 6.03 Å². The SMILES string of the molecule is COc1ccc(C(NC(=O)N2CCC(O)C2)C(=O)Nc2ccc([Si](C)(C)C)c(F)c2)cc1. The molecule has 1 aliphatic heterocycles. The molecule has 2 unspecified atom stereocenters. The summed E-state index contributed by atoms with van der Waals surface area (Å²) in [5.41, 5.74) is 0.870. The zero-order valence-electron chi connectivity index (χ0n) is 18.8. The number of amides is 3. The Kier molecular flexibility index (Phi) is 7.20. The summed E-state index contributed by atoms with van der Waals surface area (Å²) in [6, 6.07) is 10.0. The number of benzene rings is 2. The van der Waals surface area contributed by atoms with E-state index in [1.165, 1.54) is 18.1 Å². The molecule has 0 aliphatic carbocycles. The minimum Gasteiger partial charge on any atom is -0.497 e. The predicted octanol–water partition coefficient (Wildman–Crippen LogP) is 2.84. The van der Waals surface area contributed by atoms with Gasteiger partial charge in [0.15, 0.2) is 0 Å². The van der Waals surface area contributed by atoms with Gasteiger partial charge in [0.2, 0.25) is 0 Å². The van der Waals surface area contributed by atoms with Gasteiger partial charge in [-0.3, -0.25) is 4.79 Å². The number of aliphatic hydroxyl groups is 1. The lowest BCUT2D eigenvalue weighted by Gasteiger charge is -2.23. The molecular weight excluding hydrogens is 429 g/mol. The molecule has 3 N–H and O–H groups in total. The fourth-order valence-corrected chi connectivity index (χ4v) is 5.03. The van der Waals surface area contributed by atoms with Gasteiger partial charge in [-0.15, -0.1) is 0 Å². The van der Waals surface area contributed by atoms with Crippen LogP contribution in [0.25, 0.3) is 0 Å². The van der Waals surface area contributed by atoms with Crippen molar-refractivity contribution in [2.24, 2.45) is 0 Å². The van der Waals surface area contributed by atoms with Crippen molar-refractivity contribution in [3.05, 3.63) is 53.8 Å². The Bertz CT molecular complexity index is 978. The van der Waals surface area contributed by atoms with E-state index in [0.717, 1.165) is 0 Å². The van der Waals surface area contributed by atoms with Gasteiger partial charge in [0.1, 0.15) is 17.6 Å². The van der Waals surface area contributed by atoms with E-state index >= 15 is 0 Å². The van der Waals surface area contributed by atoms with Crippen molar-refractivity contribution < 1.29 is 23.8 Å². The van der Waals surface area contributed by atoms with Crippen LogP contribution in [-0.2, 0) is 4.79 Å². The second-order valence-corrected chi connectivity index (χ2v) is 14.0. The van der Waals surface area contributed by atoms with Crippen LogP contribution in [-0.4, -0.2) is 56.3 Å². The lowest BCUT2D eigenvalue weighted by Crippen LogP contribution is -2.44. The number of β-amino-alcohol motifs (C(OH)–C–C–N with tert-alkyl or cyclic N) is 1. The average molecular weight is 460 g/mol. The van der Waals surface area contributed by atoms with Crippen LogP contribution in [0, 0.1) is 5.82 Å². The second kappa shape index (κ2) is 9.70. The summed E-state index contributed by atoms with van der Waals surface area (Å²) in [4.78, 5) is 27.3. The molecule has 2 aromatic rings. The summed E-state index contributed by atoms with van der Waals surface area (Å²) < 4.78 is 19.8. The molecule has 9 heteroatoms. The standard InChI is InChI=1S/C23H30FN3O4Si/c1-31-18-8-5-15(6-9-18)21(26-23(30)27-12-11-17(28)14-27)22(29)25-16-7-10-20(19(24)13-16)32(2,3)4/h5-10,13,17,21,28H,11-12,14H2,1-4H3,(H,25,29)(H,26,30). The summed E-state index contributed by atoms with van der Waals surface area (Å²) in [5, 5.41) is 15.9. The van der Waals surface area contributed by atoms with Gasteiger partial charge in [-0.05, 0) is 41.4 Å². The van der Waals surface area contributed by atoms with Crippen molar-refractivity contribution in [2.45, 2.75) is 38.2 Å². The fourth-order valence-electron chi connectivity index (χ4n) is 3.65. The van der Waals surface area contributed by atoms with Crippen LogP contribution in [0.2, 0.25) is 19.6 Å². The Balaban J connectivity index is 1.82. The Morgan fingerprint density at radius 2 is 1.88 bits per heavy atom. The quantitative estimate of drug-likeness (QED) is 0.580. The van der Waals surface area contributed by atoms with E-state index < -0.39 is 32.2 Å². The number of aliphatic hydroxyl groups excluding tert-OH is 1. The van der Waals surface area contributed by atoms with Gasteiger partial charge in [0.25, 0.3) is 5.91 Å². The van der Waals surface area contributed by atoms with E-state index in [9.17, 15) is 19.1 Å². The zero-order chi connectivity index (χ0) is 23.5. The molecule has 2 atom stereocenters. The summed E-state index contributed by atoms with van der Waals surface area (Å²) >= 11 is 0. The molecule has 3 rings (SSSR count). The van der Waals surface area contributed by atoms with Crippen LogP contribution < -0.4 is 20.6 Å². The predicted molar refractivity (Wildman–Crippen MR) is 124 cm³/mol. The number of halogens is 1. The Hall–Kier alpha value is -2.91. The van der Waals surface area contributed by atoms with Crippen LogP contribution in [0.1, 0.15) is 18.0 Å². The molecule has 1 fully saturated rings. The third-order valence-electron chi connectivity index (χ3n) is 5.47. The fraction of sp³-hybridized carbons (Fsp3) is 0.391. The number of nitrogens with one attached hydrogen (secondary N) is 2. The van der Waals surface area contributed by atoms with E-state index in [4.69, 9.17) is 4.74 Å². The van der Waals surface area contributed by atoms with Crippen molar-refractivity contribution in [1.82, 2.24) is 10.2 Å². The van der Waals surface area contributed by atoms with Crippen LogP contribution in [0.4, 0.5) is 14.9 Å². The molecule has 0 radical (unpaired) electrons. The van der Waals surface area contributed by atoms with Crippen LogP contribution in [0.5, 0.6) is 5.75 Å². The van der Waals surface area contributed by atoms with Crippen molar-refractivity contribution >= 4 is 30.9 Å². The first kappa shape index (κ1) is 23.7. The van der Waals surface area contributed by atoms with Gasteiger partial charge < -0.3 is 25.4 Å². The Morgan fingerprint density at radius 3 is 2.41 bits per heavy atom. The number of carbonyl (C=O) groups is 2. The van der Waals surface area contributed by atoms with Crippen molar-refractivity contribution in [1.29, 1.82) is 0 Å². The summed E-state index contributed by atoms with van der Waals surface area (Å²) in [7, 11) is -0.309. The molecule has 32 heavy (non-hydrogen) atoms. The number of urea groups is 1. The summed E-state index contributed by atoms with van der Waals surface area (Å²) in [6.45, 7) is 6.77. The van der Waals surface area contributed by atoms with Crippen LogP contribution in [0.3, 0.4) is 0 Å². The van der Waals surface area contributed by atoms with Crippen LogP contribution in [0.15, 0.2) is 42.5 Å². The van der Waals surface area contributed by atoms with E-state index in [0.29, 0.717) is 35.2 Å². The second-order valence-electron chi connectivity index (χ2n) is 8.98. The van der Waals surface area contributed by atoms with Crippen molar-refractivity contribution in [2.75, 3.05) is 25.5 Å². The van der Waals surface area contributed by atoms with Crippen molar-refractivity contribution in [3.63, 3.8) is 0 Å². The molecule has 1 heterocycles. The van der Waals surface area contributed by atoms with Gasteiger partial charge in [-0.2, -0.15) is 0 Å². The van der Waals surface area contributed by atoms with Crippen molar-refractivity contribution in [3.8, 4) is 5.75 Å². The van der Waals surface area contributed by atoms with E-state index in [2.05, 4.69) is 10.6 Å². The Labute approximate surface area is 188 Å². The molecular formula is C23H30FN3O4Si. The van der Waals surface area contributed by atoms with Gasteiger partial charge in [0, 0.05) is 18.8 Å². The number of methoxy groups -OCH3 is 1. The summed E-state index contributed by atoms with van der Waals surface area (Å²) in [6.07, 6.45) is -0.0721. The third kappa shape index (κ3) is 5.66. The molecule has 1 saturated heterocycles. The van der Waals surface area contributed by atoms with E-state index in [1.807, 2.05) is 19.6 Å². The molecule has 0 aromatic heterocycles. The Morgan fingerprint density at radius 1 is 1.19 bits per heavy atom. The topological polar surface area (TPSA) is 90.9 Å². The zero-order valence-corrected chi connectivity index (χ0v) is 19.8. The average Bonchev–Trinajstić information content (AvgIpc) is 3.17. The smallest absolute Gasteiger partial charge is 0.318 e. The normalized spacial score (nSPS) is 17.1. The summed E-state index contributed by atoms with van der Waals surface area (Å²) in [5.74, 6) is -0.229. The van der Waals surface area contributed by atoms with Gasteiger partial charge in [-0.25, -0.2) is 9.18 Å². The minimum absolute atomic E-state index is 0.214. The van der Waals surface area contributed by atoms with E-state index in [1.54, 1.807) is 36.4 Å². The molecule has 0 bridgehead atoms.